The Labute approximate surface area is 271 Å². The number of ether oxygens (including phenoxy) is 2. The normalized spacial score (nSPS) is 18.9. The number of aryl methyl sites for hydroxylation is 4. The third-order valence-electron chi connectivity index (χ3n) is 9.96. The van der Waals surface area contributed by atoms with Crippen LogP contribution in [0.4, 0.5) is 17.2 Å². The zero-order valence-electron chi connectivity index (χ0n) is 27.4. The molecule has 5 aromatic rings. The standard InChI is InChI=1S/C41H39N3O2/c1-24-14-30(40-43-36-21-28-18-26(3)27(4)19-29(28)22-38(36)46-40)20-32(16-24)45-33-17-25(2)15-31(23-33)44-37-12-8-7-10-34(37)41(5,6)35-11-9-13-42-39(35)44/h7-20,23,36,38H,21-22H2,1-6H3/t36-,38-/m0/s1. The Balaban J connectivity index is 1.11. The third kappa shape index (κ3) is 4.77. The van der Waals surface area contributed by atoms with E-state index in [9.17, 15) is 0 Å². The smallest absolute Gasteiger partial charge is 0.217 e. The molecule has 2 atom stereocenters. The Morgan fingerprint density at radius 2 is 1.46 bits per heavy atom. The maximum absolute atomic E-state index is 6.63. The molecule has 230 valence electrons. The van der Waals surface area contributed by atoms with E-state index >= 15 is 0 Å². The molecule has 8 rings (SSSR count). The molecule has 1 aromatic heterocycles. The second-order valence-electron chi connectivity index (χ2n) is 13.8. The van der Waals surface area contributed by atoms with Crippen molar-refractivity contribution in [2.75, 3.05) is 4.90 Å². The lowest BCUT2D eigenvalue weighted by Crippen LogP contribution is -2.32. The van der Waals surface area contributed by atoms with Gasteiger partial charge in [0.15, 0.2) is 0 Å². The maximum Gasteiger partial charge on any atom is 0.217 e. The van der Waals surface area contributed by atoms with Gasteiger partial charge in [0.25, 0.3) is 0 Å². The monoisotopic (exact) mass is 605 g/mol. The number of hydrogen-bond acceptors (Lipinski definition) is 5. The summed E-state index contributed by atoms with van der Waals surface area (Å²) < 4.78 is 13.1. The van der Waals surface area contributed by atoms with Crippen LogP contribution < -0.4 is 9.64 Å². The summed E-state index contributed by atoms with van der Waals surface area (Å²) in [5.41, 5.74) is 13.1. The number of para-hydroxylation sites is 1. The van der Waals surface area contributed by atoms with Crippen molar-refractivity contribution in [1.82, 2.24) is 4.98 Å². The van der Waals surface area contributed by atoms with E-state index in [1.54, 1.807) is 0 Å². The van der Waals surface area contributed by atoms with Crippen LogP contribution in [0.2, 0.25) is 0 Å². The lowest BCUT2D eigenvalue weighted by molar-refractivity contribution is 0.184. The van der Waals surface area contributed by atoms with Crippen molar-refractivity contribution in [3.63, 3.8) is 0 Å². The van der Waals surface area contributed by atoms with Crippen LogP contribution in [0.5, 0.6) is 11.5 Å². The Hall–Kier alpha value is -4.90. The number of benzene rings is 4. The van der Waals surface area contributed by atoms with Crippen molar-refractivity contribution in [1.29, 1.82) is 0 Å². The average Bonchev–Trinajstić information content (AvgIpc) is 3.43. The van der Waals surface area contributed by atoms with Crippen molar-refractivity contribution >= 4 is 23.1 Å². The summed E-state index contributed by atoms with van der Waals surface area (Å²) in [5.74, 6) is 3.20. The van der Waals surface area contributed by atoms with Crippen LogP contribution in [-0.4, -0.2) is 23.0 Å². The number of aromatic nitrogens is 1. The highest BCUT2D eigenvalue weighted by molar-refractivity contribution is 5.96. The zero-order valence-corrected chi connectivity index (χ0v) is 27.4. The molecule has 0 saturated carbocycles. The topological polar surface area (TPSA) is 47.0 Å². The number of hydrogen-bond donors (Lipinski definition) is 0. The van der Waals surface area contributed by atoms with Gasteiger partial charge in [0.1, 0.15) is 23.4 Å². The van der Waals surface area contributed by atoms with Crippen molar-refractivity contribution in [3.8, 4) is 11.5 Å². The molecule has 0 spiro atoms. The lowest BCUT2D eigenvalue weighted by atomic mass is 9.74. The molecule has 0 saturated heterocycles. The second kappa shape index (κ2) is 10.6. The average molecular weight is 606 g/mol. The van der Waals surface area contributed by atoms with Gasteiger partial charge in [-0.15, -0.1) is 0 Å². The third-order valence-corrected chi connectivity index (χ3v) is 9.96. The van der Waals surface area contributed by atoms with Gasteiger partial charge in [-0.05, 0) is 116 Å². The Kier molecular flexibility index (Phi) is 6.57. The number of pyridine rings is 1. The van der Waals surface area contributed by atoms with Gasteiger partial charge < -0.3 is 9.47 Å². The minimum absolute atomic E-state index is 0.0719. The fourth-order valence-corrected chi connectivity index (χ4v) is 7.50. The number of fused-ring (bicyclic) bond motifs is 4. The van der Waals surface area contributed by atoms with E-state index < -0.39 is 0 Å². The van der Waals surface area contributed by atoms with Gasteiger partial charge in [-0.25, -0.2) is 9.98 Å². The fourth-order valence-electron chi connectivity index (χ4n) is 7.50. The van der Waals surface area contributed by atoms with Crippen LogP contribution in [0.25, 0.3) is 0 Å². The van der Waals surface area contributed by atoms with Crippen LogP contribution >= 0.6 is 0 Å². The quantitative estimate of drug-likeness (QED) is 0.205. The highest BCUT2D eigenvalue weighted by atomic mass is 16.5. The first-order valence-electron chi connectivity index (χ1n) is 16.2. The molecule has 0 bridgehead atoms. The highest BCUT2D eigenvalue weighted by Crippen LogP contribution is 2.51. The maximum atomic E-state index is 6.63. The Bertz CT molecular complexity index is 2010. The van der Waals surface area contributed by atoms with Gasteiger partial charge in [0, 0.05) is 35.2 Å². The van der Waals surface area contributed by atoms with E-state index in [0.717, 1.165) is 58.2 Å². The first-order chi connectivity index (χ1) is 22.1. The number of aliphatic imine (C=N–C) groups is 1. The van der Waals surface area contributed by atoms with Gasteiger partial charge in [0.2, 0.25) is 5.90 Å². The number of anilines is 3. The molecular formula is C41H39N3O2. The molecule has 0 amide bonds. The van der Waals surface area contributed by atoms with Crippen LogP contribution in [0.15, 0.2) is 96.1 Å². The summed E-state index contributed by atoms with van der Waals surface area (Å²) in [4.78, 5) is 12.2. The second-order valence-corrected chi connectivity index (χ2v) is 13.8. The number of nitrogens with zero attached hydrogens (tertiary/aromatic N) is 3. The SMILES string of the molecule is Cc1cc(Oc2cc(C)cc(N3c4ccccc4C(C)(C)c4cccnc43)c2)cc(C2=N[C@H]3Cc4cc(C)c(C)cc4C[C@@H]3O2)c1. The van der Waals surface area contributed by atoms with Crippen molar-refractivity contribution in [2.24, 2.45) is 4.99 Å². The molecule has 1 aliphatic carbocycles. The van der Waals surface area contributed by atoms with E-state index in [1.807, 2.05) is 12.3 Å². The van der Waals surface area contributed by atoms with E-state index in [2.05, 4.69) is 125 Å². The first-order valence-corrected chi connectivity index (χ1v) is 16.2. The summed E-state index contributed by atoms with van der Waals surface area (Å²) in [6, 6.07) is 30.3. The highest BCUT2D eigenvalue weighted by Gasteiger charge is 2.38. The van der Waals surface area contributed by atoms with E-state index in [0.29, 0.717) is 5.90 Å². The minimum atomic E-state index is -0.166. The molecule has 46 heavy (non-hydrogen) atoms. The van der Waals surface area contributed by atoms with E-state index in [-0.39, 0.29) is 17.6 Å². The molecule has 5 nitrogen and oxygen atoms in total. The fraction of sp³-hybridized carbons (Fsp3) is 0.268. The van der Waals surface area contributed by atoms with Crippen LogP contribution in [0, 0.1) is 27.7 Å². The molecule has 0 N–H and O–H groups in total. The summed E-state index contributed by atoms with van der Waals surface area (Å²) in [6.45, 7) is 13.1. The van der Waals surface area contributed by atoms with Gasteiger partial charge in [-0.1, -0.05) is 50.2 Å². The Morgan fingerprint density at radius 1 is 0.761 bits per heavy atom. The predicted molar refractivity (Wildman–Crippen MR) is 186 cm³/mol. The lowest BCUT2D eigenvalue weighted by Gasteiger charge is -2.41. The molecule has 0 unspecified atom stereocenters. The van der Waals surface area contributed by atoms with Gasteiger partial charge in [-0.2, -0.15) is 0 Å². The zero-order chi connectivity index (χ0) is 31.7. The predicted octanol–water partition coefficient (Wildman–Crippen LogP) is 9.53. The van der Waals surface area contributed by atoms with Crippen molar-refractivity contribution in [3.05, 3.63) is 141 Å². The molecule has 4 aromatic carbocycles. The van der Waals surface area contributed by atoms with Crippen molar-refractivity contribution < 1.29 is 9.47 Å². The van der Waals surface area contributed by atoms with E-state index in [1.165, 1.54) is 33.4 Å². The van der Waals surface area contributed by atoms with Gasteiger partial charge in [-0.3, -0.25) is 4.90 Å². The van der Waals surface area contributed by atoms with Crippen LogP contribution in [0.3, 0.4) is 0 Å². The number of rotatable bonds is 4. The largest absolute Gasteiger partial charge is 0.472 e. The summed E-state index contributed by atoms with van der Waals surface area (Å²) in [6.07, 6.45) is 3.76. The first kappa shape index (κ1) is 28.6. The molecular weight excluding hydrogens is 566 g/mol. The van der Waals surface area contributed by atoms with E-state index in [4.69, 9.17) is 19.5 Å². The van der Waals surface area contributed by atoms with Crippen LogP contribution in [0.1, 0.15) is 63.9 Å². The molecule has 2 aliphatic heterocycles. The molecule has 3 aliphatic rings. The Morgan fingerprint density at radius 3 is 2.26 bits per heavy atom. The summed E-state index contributed by atoms with van der Waals surface area (Å²) in [5, 5.41) is 0. The van der Waals surface area contributed by atoms with Gasteiger partial charge in [0.05, 0.1) is 17.4 Å². The minimum Gasteiger partial charge on any atom is -0.472 e. The molecule has 5 heteroatoms. The molecule has 3 heterocycles. The van der Waals surface area contributed by atoms with Gasteiger partial charge >= 0.3 is 0 Å². The summed E-state index contributed by atoms with van der Waals surface area (Å²) >= 11 is 0. The molecule has 0 fully saturated rings. The van der Waals surface area contributed by atoms with Crippen LogP contribution in [-0.2, 0) is 23.0 Å². The molecule has 0 radical (unpaired) electrons. The summed E-state index contributed by atoms with van der Waals surface area (Å²) in [7, 11) is 0. The van der Waals surface area contributed by atoms with Crippen molar-refractivity contribution in [2.45, 2.75) is 71.9 Å².